The first kappa shape index (κ1) is 8.40. The molecule has 4 nitrogen and oxygen atoms in total. The minimum atomic E-state index is -0.185. The Morgan fingerprint density at radius 2 is 2.31 bits per heavy atom. The molecule has 0 saturated heterocycles. The van der Waals surface area contributed by atoms with Gasteiger partial charge in [0.15, 0.2) is 5.01 Å². The van der Waals surface area contributed by atoms with Crippen LogP contribution in [-0.4, -0.2) is 15.2 Å². The third kappa shape index (κ3) is 1.61. The van der Waals surface area contributed by atoms with Crippen LogP contribution < -0.4 is 5.56 Å². The minimum Gasteiger partial charge on any atom is -0.329 e. The van der Waals surface area contributed by atoms with Crippen LogP contribution in [0.25, 0.3) is 10.6 Å². The molecule has 0 amide bonds. The van der Waals surface area contributed by atoms with E-state index in [0.717, 1.165) is 0 Å². The number of aromatic amines is 1. The van der Waals surface area contributed by atoms with E-state index in [2.05, 4.69) is 15.2 Å². The lowest BCUT2D eigenvalue weighted by molar-refractivity contribution is 1.09. The maximum atomic E-state index is 11.3. The molecule has 6 heteroatoms. The fraction of sp³-hybridized carbons (Fsp3) is 0. The Labute approximate surface area is 82.2 Å². The van der Waals surface area contributed by atoms with Gasteiger partial charge in [0.05, 0.1) is 5.56 Å². The Morgan fingerprint density at radius 1 is 1.46 bits per heavy atom. The number of nitrogens with one attached hydrogen (secondary N) is 1. The van der Waals surface area contributed by atoms with Crippen LogP contribution in [0.4, 0.5) is 0 Å². The Bertz CT molecular complexity index is 478. The molecule has 2 rings (SSSR count). The van der Waals surface area contributed by atoms with Gasteiger partial charge in [-0.2, -0.15) is 0 Å². The predicted octanol–water partition coefficient (Wildman–Crippen LogP) is 1.55. The van der Waals surface area contributed by atoms with Crippen molar-refractivity contribution < 1.29 is 0 Å². The summed E-state index contributed by atoms with van der Waals surface area (Å²) in [7, 11) is 0. The zero-order valence-electron chi connectivity index (χ0n) is 6.32. The van der Waals surface area contributed by atoms with Crippen molar-refractivity contribution in [2.45, 2.75) is 0 Å². The van der Waals surface area contributed by atoms with Gasteiger partial charge in [0.2, 0.25) is 4.47 Å². The molecule has 0 spiro atoms. The number of nitrogens with zero attached hydrogens (tertiary/aromatic N) is 2. The molecule has 0 bridgehead atoms. The van der Waals surface area contributed by atoms with E-state index in [4.69, 9.17) is 11.6 Å². The minimum absolute atomic E-state index is 0.185. The molecule has 66 valence electrons. The fourth-order valence-corrected chi connectivity index (χ4v) is 1.75. The van der Waals surface area contributed by atoms with Crippen molar-refractivity contribution in [3.8, 4) is 10.6 Å². The second-order valence-electron chi connectivity index (χ2n) is 2.27. The number of rotatable bonds is 1. The lowest BCUT2D eigenvalue weighted by Crippen LogP contribution is -2.06. The average Bonchev–Trinajstić information content (AvgIpc) is 2.53. The van der Waals surface area contributed by atoms with Gasteiger partial charge in [0.1, 0.15) is 0 Å². The summed E-state index contributed by atoms with van der Waals surface area (Å²) in [6.45, 7) is 0. The van der Waals surface area contributed by atoms with Crippen LogP contribution in [0.1, 0.15) is 0 Å². The highest BCUT2D eigenvalue weighted by molar-refractivity contribution is 7.18. The van der Waals surface area contributed by atoms with E-state index >= 15 is 0 Å². The Kier molecular flexibility index (Phi) is 2.12. The molecule has 0 aliphatic heterocycles. The van der Waals surface area contributed by atoms with E-state index in [1.165, 1.54) is 11.3 Å². The van der Waals surface area contributed by atoms with E-state index in [1.807, 2.05) is 0 Å². The molecule has 0 radical (unpaired) electrons. The lowest BCUT2D eigenvalue weighted by Gasteiger charge is -1.90. The van der Waals surface area contributed by atoms with Crippen molar-refractivity contribution in [1.29, 1.82) is 0 Å². The summed E-state index contributed by atoms with van der Waals surface area (Å²) in [6.07, 6.45) is 1.56. The van der Waals surface area contributed by atoms with Crippen molar-refractivity contribution in [2.75, 3.05) is 0 Å². The van der Waals surface area contributed by atoms with Crippen molar-refractivity contribution in [3.63, 3.8) is 0 Å². The van der Waals surface area contributed by atoms with Crippen molar-refractivity contribution in [3.05, 3.63) is 33.2 Å². The molecule has 0 aromatic carbocycles. The molecular formula is C7H4ClN3OS. The molecule has 2 aromatic heterocycles. The Morgan fingerprint density at radius 3 is 2.92 bits per heavy atom. The third-order valence-corrected chi connectivity index (χ3v) is 2.50. The summed E-state index contributed by atoms with van der Waals surface area (Å²) < 4.78 is 0.332. The van der Waals surface area contributed by atoms with Crippen LogP contribution in [0.3, 0.4) is 0 Å². The number of halogens is 1. The number of H-pyrrole nitrogens is 1. The van der Waals surface area contributed by atoms with Crippen molar-refractivity contribution >= 4 is 22.9 Å². The van der Waals surface area contributed by atoms with Crippen molar-refractivity contribution in [1.82, 2.24) is 15.2 Å². The molecule has 0 unspecified atom stereocenters. The summed E-state index contributed by atoms with van der Waals surface area (Å²) >= 11 is 6.77. The van der Waals surface area contributed by atoms with Crippen LogP contribution in [0.15, 0.2) is 23.1 Å². The molecule has 0 aliphatic rings. The SMILES string of the molecule is O=c1[nH]cccc1-c1nnc(Cl)s1. The highest BCUT2D eigenvalue weighted by atomic mass is 35.5. The van der Waals surface area contributed by atoms with Crippen molar-refractivity contribution in [2.24, 2.45) is 0 Å². The highest BCUT2D eigenvalue weighted by Gasteiger charge is 2.07. The van der Waals surface area contributed by atoms with Gasteiger partial charge in [-0.1, -0.05) is 11.3 Å². The van der Waals surface area contributed by atoms with Gasteiger partial charge in [0, 0.05) is 6.20 Å². The first-order chi connectivity index (χ1) is 6.27. The van der Waals surface area contributed by atoms with Crippen LogP contribution in [0, 0.1) is 0 Å². The second kappa shape index (κ2) is 3.27. The van der Waals surface area contributed by atoms with E-state index in [9.17, 15) is 4.79 Å². The molecule has 13 heavy (non-hydrogen) atoms. The van der Waals surface area contributed by atoms with Gasteiger partial charge in [0.25, 0.3) is 5.56 Å². The summed E-state index contributed by atoms with van der Waals surface area (Å²) in [5.41, 5.74) is 0.308. The summed E-state index contributed by atoms with van der Waals surface area (Å²) in [4.78, 5) is 13.8. The topological polar surface area (TPSA) is 58.6 Å². The van der Waals surface area contributed by atoms with Crippen LogP contribution in [-0.2, 0) is 0 Å². The van der Waals surface area contributed by atoms with Gasteiger partial charge in [-0.05, 0) is 23.7 Å². The maximum Gasteiger partial charge on any atom is 0.258 e. The molecule has 1 N–H and O–H groups in total. The van der Waals surface area contributed by atoms with Gasteiger partial charge in [-0.25, -0.2) is 0 Å². The van der Waals surface area contributed by atoms with Crippen LogP contribution in [0.5, 0.6) is 0 Å². The Hall–Kier alpha value is -1.20. The standard InChI is InChI=1S/C7H4ClN3OS/c8-7-11-10-6(13-7)4-2-1-3-9-5(4)12/h1-3H,(H,9,12). The molecule has 2 aromatic rings. The summed E-state index contributed by atoms with van der Waals surface area (Å²) in [6, 6.07) is 3.40. The van der Waals surface area contributed by atoms with Crippen LogP contribution in [0.2, 0.25) is 4.47 Å². The quantitative estimate of drug-likeness (QED) is 0.782. The molecule has 0 fully saturated rings. The first-order valence-corrected chi connectivity index (χ1v) is 4.64. The fourth-order valence-electron chi connectivity index (χ4n) is 0.904. The van der Waals surface area contributed by atoms with E-state index in [-0.39, 0.29) is 5.56 Å². The number of hydrogen-bond donors (Lipinski definition) is 1. The zero-order chi connectivity index (χ0) is 9.26. The largest absolute Gasteiger partial charge is 0.329 e. The summed E-state index contributed by atoms with van der Waals surface area (Å²) in [5, 5.41) is 7.91. The third-order valence-electron chi connectivity index (χ3n) is 1.45. The van der Waals surface area contributed by atoms with Gasteiger partial charge in [-0.15, -0.1) is 10.2 Å². The van der Waals surface area contributed by atoms with E-state index in [0.29, 0.717) is 15.0 Å². The molecular weight excluding hydrogens is 210 g/mol. The highest BCUT2D eigenvalue weighted by Crippen LogP contribution is 2.22. The average molecular weight is 214 g/mol. The first-order valence-electron chi connectivity index (χ1n) is 3.44. The predicted molar refractivity (Wildman–Crippen MR) is 51.0 cm³/mol. The molecule has 0 aliphatic carbocycles. The van der Waals surface area contributed by atoms with Gasteiger partial charge >= 0.3 is 0 Å². The van der Waals surface area contributed by atoms with Gasteiger partial charge in [-0.3, -0.25) is 4.79 Å². The molecule has 0 atom stereocenters. The summed E-state index contributed by atoms with van der Waals surface area (Å²) in [5.74, 6) is 0. The smallest absolute Gasteiger partial charge is 0.258 e. The number of pyridine rings is 1. The number of hydrogen-bond acceptors (Lipinski definition) is 4. The lowest BCUT2D eigenvalue weighted by atomic mass is 10.3. The number of aromatic nitrogens is 3. The zero-order valence-corrected chi connectivity index (χ0v) is 7.89. The normalized spacial score (nSPS) is 10.2. The second-order valence-corrected chi connectivity index (χ2v) is 3.83. The Balaban J connectivity index is 2.59. The van der Waals surface area contributed by atoms with E-state index in [1.54, 1.807) is 18.3 Å². The maximum absolute atomic E-state index is 11.3. The van der Waals surface area contributed by atoms with Gasteiger partial charge < -0.3 is 4.98 Å². The van der Waals surface area contributed by atoms with Crippen LogP contribution >= 0.6 is 22.9 Å². The van der Waals surface area contributed by atoms with E-state index < -0.39 is 0 Å². The molecule has 0 saturated carbocycles. The molecule has 2 heterocycles. The monoisotopic (exact) mass is 213 g/mol.